The van der Waals surface area contributed by atoms with Gasteiger partial charge in [-0.2, -0.15) is 0 Å². The number of hydrogen-bond donors (Lipinski definition) is 1. The molecule has 2 unspecified atom stereocenters. The van der Waals surface area contributed by atoms with Crippen LogP contribution in [0.15, 0.2) is 18.2 Å². The van der Waals surface area contributed by atoms with Crippen LogP contribution in [0.3, 0.4) is 0 Å². The zero-order valence-corrected chi connectivity index (χ0v) is 11.4. The van der Waals surface area contributed by atoms with Crippen molar-refractivity contribution in [2.24, 2.45) is 0 Å². The first-order chi connectivity index (χ1) is 8.25. The zero-order chi connectivity index (χ0) is 13.9. The van der Waals surface area contributed by atoms with E-state index < -0.39 is 26.7 Å². The van der Waals surface area contributed by atoms with Crippen LogP contribution < -0.4 is 5.32 Å². The summed E-state index contributed by atoms with van der Waals surface area (Å²) in [6.07, 6.45) is 1.48. The third-order valence-corrected chi connectivity index (χ3v) is 4.73. The van der Waals surface area contributed by atoms with E-state index in [0.29, 0.717) is 12.0 Å². The van der Waals surface area contributed by atoms with Crippen LogP contribution in [0.4, 0.5) is 8.78 Å². The van der Waals surface area contributed by atoms with Crippen molar-refractivity contribution in [3.05, 3.63) is 35.4 Å². The van der Waals surface area contributed by atoms with Crippen LogP contribution in [-0.2, 0) is 16.3 Å². The summed E-state index contributed by atoms with van der Waals surface area (Å²) in [5, 5.41) is 2.29. The molecule has 0 spiro atoms. The van der Waals surface area contributed by atoms with E-state index in [1.54, 1.807) is 14.0 Å². The largest absolute Gasteiger partial charge is 0.315 e. The van der Waals surface area contributed by atoms with Gasteiger partial charge in [0.2, 0.25) is 0 Å². The highest BCUT2D eigenvalue weighted by Crippen LogP contribution is 2.14. The molecule has 0 fully saturated rings. The fraction of sp³-hybridized carbons (Fsp3) is 0.500. The second kappa shape index (κ2) is 5.75. The average molecular weight is 277 g/mol. The van der Waals surface area contributed by atoms with Gasteiger partial charge in [-0.15, -0.1) is 0 Å². The lowest BCUT2D eigenvalue weighted by Gasteiger charge is -2.22. The average Bonchev–Trinajstić information content (AvgIpc) is 2.28. The molecule has 0 heterocycles. The maximum absolute atomic E-state index is 13.1. The summed E-state index contributed by atoms with van der Waals surface area (Å²) in [5.41, 5.74) is 0.559. The lowest BCUT2D eigenvalue weighted by Crippen LogP contribution is -2.41. The molecule has 0 aliphatic heterocycles. The van der Waals surface area contributed by atoms with Crippen LogP contribution in [0.2, 0.25) is 0 Å². The van der Waals surface area contributed by atoms with Crippen LogP contribution in [0.5, 0.6) is 0 Å². The van der Waals surface area contributed by atoms with Gasteiger partial charge in [0, 0.05) is 12.3 Å². The standard InChI is InChI=1S/C12H17F2NO2S/c1-8(18(3,16)17)12(15-2)7-9-4-5-10(13)11(14)6-9/h4-6,8,12,15H,7H2,1-3H3. The Hall–Kier alpha value is -1.01. The Labute approximate surface area is 106 Å². The minimum atomic E-state index is -3.18. The highest BCUT2D eigenvalue weighted by atomic mass is 32.2. The van der Waals surface area contributed by atoms with E-state index in [-0.39, 0.29) is 6.04 Å². The molecule has 1 aromatic carbocycles. The minimum absolute atomic E-state index is 0.321. The number of halogens is 2. The molecule has 0 aliphatic rings. The van der Waals surface area contributed by atoms with Crippen molar-refractivity contribution >= 4 is 9.84 Å². The van der Waals surface area contributed by atoms with Gasteiger partial charge in [0.05, 0.1) is 5.25 Å². The van der Waals surface area contributed by atoms with Gasteiger partial charge < -0.3 is 5.32 Å². The normalized spacial score (nSPS) is 15.4. The first kappa shape index (κ1) is 15.0. The Bertz CT molecular complexity index is 517. The predicted molar refractivity (Wildman–Crippen MR) is 67.2 cm³/mol. The third-order valence-electron chi connectivity index (χ3n) is 3.05. The SMILES string of the molecule is CNC(Cc1ccc(F)c(F)c1)C(C)S(C)(=O)=O. The molecule has 0 amide bonds. The lowest BCUT2D eigenvalue weighted by atomic mass is 10.0. The second-order valence-corrected chi connectivity index (χ2v) is 6.79. The maximum Gasteiger partial charge on any atom is 0.159 e. The van der Waals surface area contributed by atoms with Gasteiger partial charge >= 0.3 is 0 Å². The first-order valence-electron chi connectivity index (χ1n) is 5.55. The molecule has 3 nitrogen and oxygen atoms in total. The third kappa shape index (κ3) is 3.74. The lowest BCUT2D eigenvalue weighted by molar-refractivity contribution is 0.498. The van der Waals surface area contributed by atoms with Crippen LogP contribution >= 0.6 is 0 Å². The monoisotopic (exact) mass is 277 g/mol. The van der Waals surface area contributed by atoms with E-state index in [9.17, 15) is 17.2 Å². The molecule has 1 N–H and O–H groups in total. The Morgan fingerprint density at radius 3 is 2.33 bits per heavy atom. The topological polar surface area (TPSA) is 46.2 Å². The molecule has 1 aromatic rings. The molecule has 6 heteroatoms. The Morgan fingerprint density at radius 2 is 1.89 bits per heavy atom. The van der Waals surface area contributed by atoms with Gasteiger partial charge in [0.1, 0.15) is 0 Å². The molecule has 1 rings (SSSR count). The van der Waals surface area contributed by atoms with Gasteiger partial charge in [0.15, 0.2) is 21.5 Å². The summed E-state index contributed by atoms with van der Waals surface area (Å²) < 4.78 is 48.8. The molecule has 2 atom stereocenters. The number of sulfone groups is 1. The summed E-state index contributed by atoms with van der Waals surface area (Å²) in [5.74, 6) is -1.83. The van der Waals surface area contributed by atoms with Crippen molar-refractivity contribution in [3.63, 3.8) is 0 Å². The van der Waals surface area contributed by atoms with Crippen LogP contribution in [0, 0.1) is 11.6 Å². The molecule has 0 saturated heterocycles. The van der Waals surface area contributed by atoms with Gasteiger partial charge in [-0.05, 0) is 38.1 Å². The Morgan fingerprint density at radius 1 is 1.28 bits per heavy atom. The van der Waals surface area contributed by atoms with Crippen molar-refractivity contribution in [2.75, 3.05) is 13.3 Å². The summed E-state index contributed by atoms with van der Waals surface area (Å²) in [7, 11) is -1.54. The molecule has 0 bridgehead atoms. The second-order valence-electron chi connectivity index (χ2n) is 4.38. The summed E-state index contributed by atoms with van der Waals surface area (Å²) in [6.45, 7) is 1.59. The van der Waals surface area contributed by atoms with Crippen molar-refractivity contribution < 1.29 is 17.2 Å². The molecular weight excluding hydrogens is 260 g/mol. The molecule has 0 radical (unpaired) electrons. The molecule has 102 valence electrons. The van der Waals surface area contributed by atoms with Crippen LogP contribution in [0.1, 0.15) is 12.5 Å². The van der Waals surface area contributed by atoms with E-state index >= 15 is 0 Å². The first-order valence-corrected chi connectivity index (χ1v) is 7.51. The molecule has 0 aliphatic carbocycles. The number of nitrogens with one attached hydrogen (secondary N) is 1. The smallest absolute Gasteiger partial charge is 0.159 e. The minimum Gasteiger partial charge on any atom is -0.315 e. The number of rotatable bonds is 5. The van der Waals surface area contributed by atoms with Gasteiger partial charge in [0.25, 0.3) is 0 Å². The van der Waals surface area contributed by atoms with Crippen molar-refractivity contribution in [2.45, 2.75) is 24.6 Å². The quantitative estimate of drug-likeness (QED) is 0.888. The van der Waals surface area contributed by atoms with E-state index in [1.807, 2.05) is 0 Å². The fourth-order valence-corrected chi connectivity index (χ4v) is 2.55. The molecule has 0 saturated carbocycles. The molecule has 0 aromatic heterocycles. The van der Waals surface area contributed by atoms with Crippen molar-refractivity contribution in [1.82, 2.24) is 5.32 Å². The van der Waals surface area contributed by atoms with Crippen molar-refractivity contribution in [3.8, 4) is 0 Å². The molecule has 18 heavy (non-hydrogen) atoms. The number of likely N-dealkylation sites (N-methyl/N-ethyl adjacent to an activating group) is 1. The van der Waals surface area contributed by atoms with Crippen LogP contribution in [0.25, 0.3) is 0 Å². The summed E-state index contributed by atoms with van der Waals surface area (Å²) >= 11 is 0. The summed E-state index contributed by atoms with van der Waals surface area (Å²) in [6, 6.07) is 3.25. The van der Waals surface area contributed by atoms with Gasteiger partial charge in [-0.1, -0.05) is 6.07 Å². The molecular formula is C12H17F2NO2S. The van der Waals surface area contributed by atoms with E-state index in [2.05, 4.69) is 5.32 Å². The number of benzene rings is 1. The van der Waals surface area contributed by atoms with E-state index in [1.165, 1.54) is 6.07 Å². The van der Waals surface area contributed by atoms with Gasteiger partial charge in [-0.25, -0.2) is 17.2 Å². The highest BCUT2D eigenvalue weighted by Gasteiger charge is 2.24. The van der Waals surface area contributed by atoms with Gasteiger partial charge in [-0.3, -0.25) is 0 Å². The Balaban J connectivity index is 2.89. The fourth-order valence-electron chi connectivity index (χ4n) is 1.72. The zero-order valence-electron chi connectivity index (χ0n) is 10.6. The van der Waals surface area contributed by atoms with E-state index in [0.717, 1.165) is 18.4 Å². The van der Waals surface area contributed by atoms with E-state index in [4.69, 9.17) is 0 Å². The highest BCUT2D eigenvalue weighted by molar-refractivity contribution is 7.91. The predicted octanol–water partition coefficient (Wildman–Crippen LogP) is 1.53. The Kier molecular flexibility index (Phi) is 4.81. The van der Waals surface area contributed by atoms with Crippen LogP contribution in [-0.4, -0.2) is 33.0 Å². The summed E-state index contributed by atoms with van der Waals surface area (Å²) in [4.78, 5) is 0. The number of hydrogen-bond acceptors (Lipinski definition) is 3. The van der Waals surface area contributed by atoms with Crippen molar-refractivity contribution in [1.29, 1.82) is 0 Å². The maximum atomic E-state index is 13.1.